The minimum absolute atomic E-state index is 0.0330. The molecule has 3 saturated heterocycles. The summed E-state index contributed by atoms with van der Waals surface area (Å²) in [6.07, 6.45) is 16.8. The van der Waals surface area contributed by atoms with Crippen LogP contribution in [0.2, 0.25) is 25.7 Å². The summed E-state index contributed by atoms with van der Waals surface area (Å²) in [4.78, 5) is 70.8. The topological polar surface area (TPSA) is 423 Å². The molecule has 1 amide bonds. The van der Waals surface area contributed by atoms with Crippen LogP contribution < -0.4 is 30.9 Å². The Hall–Kier alpha value is -10.7. The highest BCUT2D eigenvalue weighted by atomic mass is 127. The number of para-hydroxylation sites is 3. The Labute approximate surface area is 937 Å². The van der Waals surface area contributed by atoms with Crippen molar-refractivity contribution in [3.05, 3.63) is 315 Å². The van der Waals surface area contributed by atoms with Gasteiger partial charge in [0.1, 0.15) is 42.9 Å². The molecule has 0 aliphatic carbocycles. The van der Waals surface area contributed by atoms with Gasteiger partial charge in [-0.1, -0.05) is 62.1 Å². The number of rotatable bonds is 17. The maximum atomic E-state index is 13.0. The number of anilines is 1. The molecule has 18 heterocycles. The summed E-state index contributed by atoms with van der Waals surface area (Å²) in [6, 6.07) is 48.0. The number of benzene rings is 4. The quantitative estimate of drug-likeness (QED) is 0.00937. The van der Waals surface area contributed by atoms with E-state index in [1.165, 1.54) is 30.6 Å². The second-order valence-electron chi connectivity index (χ2n) is 34.7. The van der Waals surface area contributed by atoms with E-state index >= 15 is 0 Å². The smallest absolute Gasteiger partial charge is 0.496 e. The molecule has 5 aliphatic heterocycles. The second kappa shape index (κ2) is 52.8. The number of morpholine rings is 1. The number of hydrogen-bond donors (Lipinski definition) is 6. The van der Waals surface area contributed by atoms with Gasteiger partial charge in [-0.2, -0.15) is 29.2 Å². The van der Waals surface area contributed by atoms with Crippen molar-refractivity contribution in [3.8, 4) is 45.4 Å². The number of pyridine rings is 9. The first-order chi connectivity index (χ1) is 71.1. The summed E-state index contributed by atoms with van der Waals surface area (Å²) >= 11 is 27.5. The van der Waals surface area contributed by atoms with Gasteiger partial charge in [0, 0.05) is 164 Å². The van der Waals surface area contributed by atoms with Crippen LogP contribution in [0.25, 0.3) is 66.5 Å². The third kappa shape index (κ3) is 29.6. The van der Waals surface area contributed by atoms with Crippen molar-refractivity contribution in [3.63, 3.8) is 0 Å². The number of amides is 1. The lowest BCUT2D eigenvalue weighted by Crippen LogP contribution is -2.41. The van der Waals surface area contributed by atoms with E-state index in [1.807, 2.05) is 114 Å². The number of ether oxygens (including phenoxy) is 7. The number of aldehydes is 1. The lowest BCUT2D eigenvalue weighted by molar-refractivity contribution is -0.0438. The first-order valence-electron chi connectivity index (χ1n) is 45.4. The molecule has 0 radical (unpaired) electrons. The summed E-state index contributed by atoms with van der Waals surface area (Å²) in [5.41, 5.74) is 17.9. The number of phenols is 1. The number of fused-ring (bicyclic) bond motifs is 6. The van der Waals surface area contributed by atoms with Crippen LogP contribution in [0.4, 0.5) is 14.6 Å². The van der Waals surface area contributed by atoms with Crippen molar-refractivity contribution >= 4 is 251 Å². The highest BCUT2D eigenvalue weighted by Gasteiger charge is 2.52. The molecule has 5 aliphatic rings. The Morgan fingerprint density at radius 3 is 1.76 bits per heavy atom. The number of hydrazine groups is 1. The molecule has 0 atom stereocenters. The molecule has 0 spiro atoms. The normalized spacial score (nSPS) is 14.0. The largest absolute Gasteiger partial charge is 0.507 e. The fourth-order valence-corrected chi connectivity index (χ4v) is 19.0. The van der Waals surface area contributed by atoms with Gasteiger partial charge in [-0.15, -0.1) is 0 Å². The van der Waals surface area contributed by atoms with Gasteiger partial charge < -0.3 is 57.9 Å². The number of H-pyrrole nitrogens is 3. The van der Waals surface area contributed by atoms with Crippen molar-refractivity contribution in [1.82, 2.24) is 90.1 Å². The first-order valence-corrected chi connectivity index (χ1v) is 56.8. The molecule has 3 fully saturated rings. The molecule has 148 heavy (non-hydrogen) atoms. The molecule has 34 nitrogen and oxygen atoms in total. The Bertz CT molecular complexity index is 7570. The molecule has 4 aromatic carbocycles. The van der Waals surface area contributed by atoms with E-state index in [9.17, 15) is 23.5 Å². The van der Waals surface area contributed by atoms with Crippen LogP contribution in [0, 0.1) is 19.3 Å². The average Bonchev–Trinajstić information content (AvgIpc) is 1.61. The number of nitrogens with zero attached hydrogens (tertiary/aromatic N) is 17. The lowest BCUT2D eigenvalue weighted by Gasteiger charge is -2.32. The molecular formula is C101H96BBr7F2I2N22O12Si. The van der Waals surface area contributed by atoms with Gasteiger partial charge in [0.05, 0.1) is 134 Å². The third-order valence-electron chi connectivity index (χ3n) is 23.0. The van der Waals surface area contributed by atoms with Gasteiger partial charge in [-0.3, -0.25) is 44.8 Å². The number of methoxy groups -OCH3 is 3. The van der Waals surface area contributed by atoms with Crippen molar-refractivity contribution in [2.24, 2.45) is 15.8 Å². The fraction of sp³-hybridized carbons (Fsp3) is 0.238. The SMILES string of the molecule is Brc1cnc2[nH]ncc2c1.Brc1cnc2n[nH]c(I)c2c1.COc1ccccc1-c1[nH]nc2ncc(-c3ccc(O)c(C(=O)N4CCOCC4)c3)cc12.COc1ccccc1C1=NCc2ncc(B3OC(C)(C)C(C)(C)O3)cc21.COc1ccccc1C1=NCc2ncc(Br)cc21.C[Si](C)(C)CCOCn1nc(I)c2cc(Br)cnc21.Fc1ccc(Br)cn1.NNc1ncc(Br)cc1C1OCCO1.O=Cc1cc(Br)cnc1F. The van der Waals surface area contributed by atoms with Crippen LogP contribution in [0.15, 0.2) is 255 Å². The summed E-state index contributed by atoms with van der Waals surface area (Å²) in [7, 11) is 3.52. The number of carbonyl (C=O) groups excluding carboxylic acids is 2. The number of aromatic amines is 3. The monoisotopic (exact) mass is 2690 g/mol. The van der Waals surface area contributed by atoms with Gasteiger partial charge in [-0.05, 0) is 305 Å². The Morgan fingerprint density at radius 1 is 0.574 bits per heavy atom. The molecule has 13 aromatic heterocycles. The molecule has 766 valence electrons. The number of aromatic nitrogens is 17. The van der Waals surface area contributed by atoms with Gasteiger partial charge in [0.25, 0.3) is 5.91 Å². The molecule has 17 aromatic rings. The third-order valence-corrected chi connectivity index (χ3v) is 29.4. The van der Waals surface area contributed by atoms with Crippen molar-refractivity contribution in [1.29, 1.82) is 0 Å². The summed E-state index contributed by atoms with van der Waals surface area (Å²) in [6.45, 7) is 20.9. The number of nitrogen functional groups attached to an aromatic ring is 1. The molecule has 0 saturated carbocycles. The van der Waals surface area contributed by atoms with Crippen LogP contribution in [0.1, 0.15) is 93.9 Å². The van der Waals surface area contributed by atoms with Gasteiger partial charge in [0.2, 0.25) is 11.9 Å². The maximum absolute atomic E-state index is 13.0. The van der Waals surface area contributed by atoms with Crippen molar-refractivity contribution < 1.29 is 65.9 Å². The molecule has 22 rings (SSSR count). The van der Waals surface area contributed by atoms with Crippen molar-refractivity contribution in [2.75, 3.05) is 72.9 Å². The van der Waals surface area contributed by atoms with Crippen molar-refractivity contribution in [2.45, 2.75) is 90.7 Å². The molecule has 0 bridgehead atoms. The minimum atomic E-state index is -1.03. The number of aromatic hydroxyl groups is 1. The number of phenolic OH excluding ortho intramolecular Hbond substituents is 1. The average molecular weight is 2700 g/mol. The number of hydrogen-bond acceptors (Lipinski definition) is 29. The number of nitrogens with two attached hydrogens (primary N) is 1. The van der Waals surface area contributed by atoms with Crippen LogP contribution in [-0.2, 0) is 48.1 Å². The second-order valence-corrected chi connectivity index (χ2v) is 48.8. The van der Waals surface area contributed by atoms with E-state index in [0.29, 0.717) is 81.6 Å². The van der Waals surface area contributed by atoms with E-state index in [1.54, 1.807) is 93.9 Å². The minimum Gasteiger partial charge on any atom is -0.507 e. The molecular weight excluding hydrogens is 2600 g/mol. The Kier molecular flexibility index (Phi) is 40.3. The first kappa shape index (κ1) is 113. The molecule has 47 heteroatoms. The van der Waals surface area contributed by atoms with Crippen LogP contribution in [-0.4, -0.2) is 213 Å². The van der Waals surface area contributed by atoms with Crippen LogP contribution in [0.3, 0.4) is 0 Å². The number of aliphatic imine (C=N–C) groups is 2. The molecule has 7 N–H and O–H groups in total. The van der Waals surface area contributed by atoms with Gasteiger partial charge >= 0.3 is 7.12 Å². The predicted molar refractivity (Wildman–Crippen MR) is 608 cm³/mol. The number of halogens is 11. The zero-order valence-corrected chi connectivity index (χ0v) is 97.4. The fourth-order valence-electron chi connectivity index (χ4n) is 14.7. The Morgan fingerprint density at radius 2 is 1.13 bits per heavy atom. The summed E-state index contributed by atoms with van der Waals surface area (Å²) < 4.78 is 84.8. The lowest BCUT2D eigenvalue weighted by atomic mass is 9.79. The predicted octanol–water partition coefficient (Wildman–Crippen LogP) is 22.5. The van der Waals surface area contributed by atoms with Crippen LogP contribution >= 0.6 is 157 Å². The van der Waals surface area contributed by atoms with Gasteiger partial charge in [-0.25, -0.2) is 45.4 Å². The van der Waals surface area contributed by atoms with E-state index in [0.717, 1.165) is 175 Å². The zero-order valence-electron chi connectivity index (χ0n) is 81.0. The number of carbonyl (C=O) groups is 2. The standard InChI is InChI=1S/C24H22N4O4.C20H23BN2O3.C14H11BrN2O.C12H17BrIN3OSi.C8H10BrN3O2.C6H3BrFNO.C6H3BrIN3.C6H4BrN3.C5H3BrFN/c1-31-21-5-3-2-4-17(21)22-19-13-16(14-25-23(19)27-26-22)15-6-7-20(29)18(12-15)24(30)28-8-10-32-11-9-28;1-19(2)20(3,4)26-21(25-19)13-10-15-16(22-11-13)12-23-18(15)14-8-6-7-9-17(14)24-5;1-18-13-5-3-2-4-10(13)14-11-6-9(15)7-16-12(11)8-17-14;1-19(2,3)5-4-18-8-17-12-10(11(14)16-17)6-9(13)7-15-12;9-5-3-6(7(12-10)11-4-5)8-13-1-2-14-8;7-5-1-4(3-10)6(8)9-2-5;7-3-1-4-5(8)10-11-6(4)9-2-3;7-5-1-4-2-9-10-6(4)8-3-5;6-4-1-2-5(7)8-3-4/h2-7,12-14,29H,8-11H2,1H3,(H,25,26,27);6-11H,12H2,1-5H3;2-7H,8H2,1H3;6-7H,4-5,8H2,1-3H3;3-4,8H,1-2,10H2,(H,11,12);1-3H;1-2H,(H,9,10,11);1-3H,(H,8,9,10);1-3H. The summed E-state index contributed by atoms with van der Waals surface area (Å²) in [5.74, 6) is 6.83. The van der Waals surface area contributed by atoms with Crippen LogP contribution in [0.5, 0.6) is 23.0 Å². The zero-order chi connectivity index (χ0) is 106. The van der Waals surface area contributed by atoms with E-state index in [4.69, 9.17) is 53.3 Å². The van der Waals surface area contributed by atoms with E-state index in [2.05, 4.69) is 307 Å². The maximum Gasteiger partial charge on any atom is 0.496 e. The number of nitrogens with one attached hydrogen (secondary N) is 4. The van der Waals surface area contributed by atoms with Gasteiger partial charge in [0.15, 0.2) is 35.2 Å². The Balaban J connectivity index is 0.000000136. The van der Waals surface area contributed by atoms with E-state index < -0.39 is 27.1 Å². The summed E-state index contributed by atoms with van der Waals surface area (Å²) in [5, 5.41) is 39.6. The van der Waals surface area contributed by atoms with E-state index in [-0.39, 0.29) is 40.3 Å². The highest BCUT2D eigenvalue weighted by molar-refractivity contribution is 14.1. The highest BCUT2D eigenvalue weighted by Crippen LogP contribution is 2.40. The molecule has 0 unspecified atom stereocenters.